The predicted molar refractivity (Wildman–Crippen MR) is 91.1 cm³/mol. The molecule has 0 unspecified atom stereocenters. The highest BCUT2D eigenvalue weighted by Gasteiger charge is 2.26. The fourth-order valence-electron chi connectivity index (χ4n) is 3.29. The van der Waals surface area contributed by atoms with Crippen LogP contribution in [0.3, 0.4) is 0 Å². The van der Waals surface area contributed by atoms with Gasteiger partial charge in [0.2, 0.25) is 0 Å². The topological polar surface area (TPSA) is 16.1 Å². The number of aromatic nitrogens is 1. The van der Waals surface area contributed by atoms with E-state index >= 15 is 0 Å². The van der Waals surface area contributed by atoms with E-state index in [1.807, 2.05) is 18.3 Å². The lowest BCUT2D eigenvalue weighted by Crippen LogP contribution is -2.20. The number of benzene rings is 2. The molecular formula is C20H18N2. The summed E-state index contributed by atoms with van der Waals surface area (Å²) in [4.78, 5) is 6.91. The Bertz CT molecular complexity index is 809. The van der Waals surface area contributed by atoms with Crippen molar-refractivity contribution in [1.82, 2.24) is 4.98 Å². The number of hydrogen-bond acceptors (Lipinski definition) is 2. The Morgan fingerprint density at radius 3 is 2.55 bits per heavy atom. The molecule has 0 N–H and O–H groups in total. The molecule has 2 heteroatoms. The number of aryl methyl sites for hydroxylation is 1. The molecule has 22 heavy (non-hydrogen) atoms. The van der Waals surface area contributed by atoms with Crippen molar-refractivity contribution in [2.75, 3.05) is 4.90 Å². The zero-order valence-corrected chi connectivity index (χ0v) is 12.7. The van der Waals surface area contributed by atoms with Gasteiger partial charge in [0, 0.05) is 12.6 Å². The number of hydrogen-bond donors (Lipinski definition) is 0. The minimum absolute atomic E-state index is 0.983. The molecule has 0 fully saturated rings. The molecule has 2 heterocycles. The fraction of sp³-hybridized carbons (Fsp3) is 0.150. The van der Waals surface area contributed by atoms with Gasteiger partial charge in [0.25, 0.3) is 0 Å². The molecule has 1 aliphatic rings. The molecule has 0 bridgehead atoms. The normalized spacial score (nSPS) is 12.7. The van der Waals surface area contributed by atoms with E-state index in [4.69, 9.17) is 0 Å². The summed E-state index contributed by atoms with van der Waals surface area (Å²) >= 11 is 0. The molecule has 3 aromatic rings. The first-order valence-corrected chi connectivity index (χ1v) is 7.78. The van der Waals surface area contributed by atoms with Crippen LogP contribution in [0, 0.1) is 0 Å². The molecule has 4 rings (SSSR count). The van der Waals surface area contributed by atoms with Gasteiger partial charge in [-0.1, -0.05) is 49.4 Å². The second-order valence-electron chi connectivity index (χ2n) is 5.61. The maximum atomic E-state index is 4.60. The largest absolute Gasteiger partial charge is 0.294 e. The van der Waals surface area contributed by atoms with Crippen molar-refractivity contribution in [1.29, 1.82) is 0 Å². The van der Waals surface area contributed by atoms with Crippen molar-refractivity contribution < 1.29 is 0 Å². The predicted octanol–water partition coefficient (Wildman–Crippen LogP) is 5.02. The van der Waals surface area contributed by atoms with E-state index < -0.39 is 0 Å². The van der Waals surface area contributed by atoms with Crippen molar-refractivity contribution in [3.8, 4) is 0 Å². The van der Waals surface area contributed by atoms with E-state index in [9.17, 15) is 0 Å². The smallest absolute Gasteiger partial charge is 0.137 e. The van der Waals surface area contributed by atoms with E-state index in [-0.39, 0.29) is 0 Å². The lowest BCUT2D eigenvalue weighted by molar-refractivity contribution is 1.02. The van der Waals surface area contributed by atoms with Crippen LogP contribution in [-0.4, -0.2) is 4.98 Å². The third-order valence-electron chi connectivity index (χ3n) is 4.30. The molecule has 2 aromatic carbocycles. The first kappa shape index (κ1) is 13.1. The monoisotopic (exact) mass is 286 g/mol. The second kappa shape index (κ2) is 5.30. The Morgan fingerprint density at radius 2 is 1.73 bits per heavy atom. The van der Waals surface area contributed by atoms with Crippen molar-refractivity contribution in [2.24, 2.45) is 0 Å². The van der Waals surface area contributed by atoms with E-state index in [1.54, 1.807) is 0 Å². The summed E-state index contributed by atoms with van der Waals surface area (Å²) in [6.45, 7) is 2.22. The first-order chi connectivity index (χ1) is 10.9. The van der Waals surface area contributed by atoms with Gasteiger partial charge in [0.1, 0.15) is 5.82 Å². The Labute approximate surface area is 131 Å². The Hall–Kier alpha value is -2.61. The van der Waals surface area contributed by atoms with E-state index in [0.29, 0.717) is 0 Å². The summed E-state index contributed by atoms with van der Waals surface area (Å²) in [7, 11) is 0. The minimum atomic E-state index is 0.983. The molecule has 0 amide bonds. The summed E-state index contributed by atoms with van der Waals surface area (Å²) < 4.78 is 0. The van der Waals surface area contributed by atoms with Crippen LogP contribution in [0.5, 0.6) is 0 Å². The van der Waals surface area contributed by atoms with Gasteiger partial charge in [-0.15, -0.1) is 0 Å². The minimum Gasteiger partial charge on any atom is -0.294 e. The van der Waals surface area contributed by atoms with E-state index in [2.05, 4.69) is 65.3 Å². The lowest BCUT2D eigenvalue weighted by atomic mass is 9.92. The molecule has 2 nitrogen and oxygen atoms in total. The number of nitrogens with zero attached hydrogens (tertiary/aromatic N) is 2. The van der Waals surface area contributed by atoms with E-state index in [0.717, 1.165) is 18.7 Å². The highest BCUT2D eigenvalue weighted by atomic mass is 15.2. The molecule has 1 aliphatic heterocycles. The van der Waals surface area contributed by atoms with Crippen LogP contribution in [0.15, 0.2) is 66.9 Å². The number of para-hydroxylation sites is 2. The van der Waals surface area contributed by atoms with Crippen LogP contribution >= 0.6 is 0 Å². The van der Waals surface area contributed by atoms with Crippen molar-refractivity contribution in [3.63, 3.8) is 0 Å². The van der Waals surface area contributed by atoms with Crippen LogP contribution < -0.4 is 4.90 Å². The first-order valence-electron chi connectivity index (χ1n) is 7.78. The molecular weight excluding hydrogens is 268 g/mol. The number of anilines is 3. The summed E-state index contributed by atoms with van der Waals surface area (Å²) in [5, 5.41) is 0. The maximum absolute atomic E-state index is 4.60. The van der Waals surface area contributed by atoms with Crippen LogP contribution in [0.2, 0.25) is 0 Å². The van der Waals surface area contributed by atoms with Gasteiger partial charge in [-0.25, -0.2) is 4.98 Å². The van der Waals surface area contributed by atoms with Gasteiger partial charge >= 0.3 is 0 Å². The average molecular weight is 286 g/mol. The zero-order chi connectivity index (χ0) is 14.9. The van der Waals surface area contributed by atoms with Crippen molar-refractivity contribution >= 4 is 17.2 Å². The molecule has 0 saturated carbocycles. The van der Waals surface area contributed by atoms with E-state index in [1.165, 1.54) is 28.1 Å². The van der Waals surface area contributed by atoms with Gasteiger partial charge in [-0.05, 0) is 41.3 Å². The number of rotatable bonds is 2. The maximum Gasteiger partial charge on any atom is 0.137 e. The molecule has 0 aliphatic carbocycles. The highest BCUT2D eigenvalue weighted by molar-refractivity contribution is 5.83. The Balaban J connectivity index is 2.00. The third kappa shape index (κ3) is 2.00. The SMILES string of the molecule is CCc1cccc2c1N(c1ccccn1)c1ccccc1C2. The van der Waals surface area contributed by atoms with Crippen LogP contribution in [-0.2, 0) is 12.8 Å². The molecule has 108 valence electrons. The molecule has 0 spiro atoms. The van der Waals surface area contributed by atoms with Gasteiger partial charge in [-0.2, -0.15) is 0 Å². The molecule has 0 radical (unpaired) electrons. The molecule has 0 saturated heterocycles. The average Bonchev–Trinajstić information content (AvgIpc) is 2.59. The van der Waals surface area contributed by atoms with Gasteiger partial charge < -0.3 is 0 Å². The van der Waals surface area contributed by atoms with Crippen molar-refractivity contribution in [2.45, 2.75) is 19.8 Å². The molecule has 0 atom stereocenters. The number of fused-ring (bicyclic) bond motifs is 2. The molecule has 1 aromatic heterocycles. The Kier molecular flexibility index (Phi) is 3.15. The highest BCUT2D eigenvalue weighted by Crippen LogP contribution is 2.44. The second-order valence-corrected chi connectivity index (χ2v) is 5.61. The Morgan fingerprint density at radius 1 is 0.909 bits per heavy atom. The van der Waals surface area contributed by atoms with Crippen LogP contribution in [0.1, 0.15) is 23.6 Å². The third-order valence-corrected chi connectivity index (χ3v) is 4.30. The fourth-order valence-corrected chi connectivity index (χ4v) is 3.29. The van der Waals surface area contributed by atoms with Gasteiger partial charge in [0.15, 0.2) is 0 Å². The van der Waals surface area contributed by atoms with Crippen LogP contribution in [0.25, 0.3) is 0 Å². The lowest BCUT2D eigenvalue weighted by Gasteiger charge is -2.34. The van der Waals surface area contributed by atoms with Crippen molar-refractivity contribution in [3.05, 3.63) is 83.6 Å². The zero-order valence-electron chi connectivity index (χ0n) is 12.7. The standard InChI is InChI=1S/C20H18N2/c1-2-15-9-7-10-17-14-16-8-3-4-11-18(16)22(20(15)17)19-12-5-6-13-21-19/h3-13H,2,14H2,1H3. The van der Waals surface area contributed by atoms with Gasteiger partial charge in [-0.3, -0.25) is 4.90 Å². The summed E-state index contributed by atoms with van der Waals surface area (Å²) in [5.74, 6) is 0.983. The van der Waals surface area contributed by atoms with Gasteiger partial charge in [0.05, 0.1) is 11.4 Å². The summed E-state index contributed by atoms with van der Waals surface area (Å²) in [6, 6.07) is 21.4. The van der Waals surface area contributed by atoms with Crippen LogP contribution in [0.4, 0.5) is 17.2 Å². The number of pyridine rings is 1. The summed E-state index contributed by atoms with van der Waals surface area (Å²) in [5.41, 5.74) is 6.66. The quantitative estimate of drug-likeness (QED) is 0.514. The summed E-state index contributed by atoms with van der Waals surface area (Å²) in [6.07, 6.45) is 3.87.